The molecule has 0 aromatic carbocycles. The third-order valence-electron chi connectivity index (χ3n) is 3.59. The van der Waals surface area contributed by atoms with E-state index < -0.39 is 10.0 Å². The fraction of sp³-hybridized carbons (Fsp3) is 0.917. The maximum atomic E-state index is 12.0. The molecule has 7 nitrogen and oxygen atoms in total. The van der Waals surface area contributed by atoms with Gasteiger partial charge in [0.05, 0.1) is 12.4 Å². The van der Waals surface area contributed by atoms with Gasteiger partial charge in [0.15, 0.2) is 0 Å². The maximum Gasteiger partial charge on any atom is 0.317 e. The number of nitrogens with zero attached hydrogens (tertiary/aromatic N) is 1. The van der Waals surface area contributed by atoms with E-state index in [1.165, 1.54) is 0 Å². The van der Waals surface area contributed by atoms with Crippen LogP contribution >= 0.6 is 0 Å². The van der Waals surface area contributed by atoms with Crippen molar-refractivity contribution in [2.24, 2.45) is 0 Å². The van der Waals surface area contributed by atoms with Crippen molar-refractivity contribution < 1.29 is 17.9 Å². The van der Waals surface area contributed by atoms with E-state index in [1.807, 2.05) is 0 Å². The number of piperidine rings is 1. The number of ether oxygens (including phenoxy) is 1. The van der Waals surface area contributed by atoms with Crippen molar-refractivity contribution in [2.45, 2.75) is 37.8 Å². The minimum atomic E-state index is -3.23. The van der Waals surface area contributed by atoms with Gasteiger partial charge in [-0.15, -0.1) is 0 Å². The minimum Gasteiger partial charge on any atom is -0.376 e. The second-order valence-corrected chi connectivity index (χ2v) is 7.28. The number of nitrogens with one attached hydrogen (secondary N) is 2. The normalized spacial score (nSPS) is 27.6. The van der Waals surface area contributed by atoms with Crippen LogP contribution in [0.2, 0.25) is 0 Å². The molecule has 0 aliphatic carbocycles. The van der Waals surface area contributed by atoms with Gasteiger partial charge in [0.1, 0.15) is 0 Å². The van der Waals surface area contributed by atoms with Gasteiger partial charge in [-0.05, 0) is 25.7 Å². The molecule has 2 aliphatic heterocycles. The highest BCUT2D eigenvalue weighted by Gasteiger charge is 2.26. The Bertz CT molecular complexity index is 434. The van der Waals surface area contributed by atoms with Gasteiger partial charge >= 0.3 is 6.03 Å². The van der Waals surface area contributed by atoms with E-state index in [4.69, 9.17) is 4.74 Å². The van der Waals surface area contributed by atoms with Crippen molar-refractivity contribution in [3.8, 4) is 0 Å². The summed E-state index contributed by atoms with van der Waals surface area (Å²) in [4.78, 5) is 13.7. The number of amides is 2. The summed E-state index contributed by atoms with van der Waals surface area (Å²) in [6, 6.07) is -0.326. The van der Waals surface area contributed by atoms with Crippen LogP contribution in [0.25, 0.3) is 0 Å². The first-order valence-corrected chi connectivity index (χ1v) is 8.95. The summed E-state index contributed by atoms with van der Waals surface area (Å²) >= 11 is 0. The fourth-order valence-corrected chi connectivity index (χ4v) is 3.48. The highest BCUT2D eigenvalue weighted by Crippen LogP contribution is 2.13. The Morgan fingerprint density at radius 3 is 2.80 bits per heavy atom. The molecule has 0 saturated carbocycles. The van der Waals surface area contributed by atoms with Crippen molar-refractivity contribution in [2.75, 3.05) is 32.5 Å². The first-order chi connectivity index (χ1) is 9.44. The second-order valence-electron chi connectivity index (χ2n) is 5.50. The lowest BCUT2D eigenvalue weighted by molar-refractivity contribution is 0.107. The zero-order chi connectivity index (χ0) is 14.6. The molecule has 0 radical (unpaired) electrons. The molecular weight excluding hydrogens is 282 g/mol. The van der Waals surface area contributed by atoms with Gasteiger partial charge in [-0.3, -0.25) is 0 Å². The van der Waals surface area contributed by atoms with E-state index in [-0.39, 0.29) is 18.2 Å². The van der Waals surface area contributed by atoms with Crippen LogP contribution in [0.3, 0.4) is 0 Å². The van der Waals surface area contributed by atoms with Crippen molar-refractivity contribution in [1.29, 1.82) is 0 Å². The van der Waals surface area contributed by atoms with E-state index in [0.29, 0.717) is 19.6 Å². The average Bonchev–Trinajstić information content (AvgIpc) is 2.87. The van der Waals surface area contributed by atoms with Gasteiger partial charge < -0.3 is 15.0 Å². The first kappa shape index (κ1) is 15.5. The third kappa shape index (κ3) is 4.92. The molecule has 0 aromatic heterocycles. The molecule has 8 heteroatoms. The van der Waals surface area contributed by atoms with E-state index in [2.05, 4.69) is 10.0 Å². The predicted octanol–water partition coefficient (Wildman–Crippen LogP) is -0.111. The number of carbonyl (C=O) groups excluding carboxylic acids is 1. The number of rotatable bonds is 4. The van der Waals surface area contributed by atoms with Crippen LogP contribution in [0, 0.1) is 0 Å². The number of carbonyl (C=O) groups is 1. The van der Waals surface area contributed by atoms with Crippen LogP contribution in [0.15, 0.2) is 0 Å². The Hall–Kier alpha value is -0.860. The van der Waals surface area contributed by atoms with Crippen molar-refractivity contribution in [3.63, 3.8) is 0 Å². The number of likely N-dealkylation sites (tertiary alicyclic amines) is 1. The third-order valence-corrected chi connectivity index (χ3v) is 4.36. The predicted molar refractivity (Wildman–Crippen MR) is 74.9 cm³/mol. The molecule has 2 saturated heterocycles. The summed E-state index contributed by atoms with van der Waals surface area (Å²) in [5, 5.41) is 2.86. The van der Waals surface area contributed by atoms with Crippen LogP contribution in [0.5, 0.6) is 0 Å². The molecule has 20 heavy (non-hydrogen) atoms. The molecule has 2 aliphatic rings. The topological polar surface area (TPSA) is 87.7 Å². The zero-order valence-corrected chi connectivity index (χ0v) is 12.6. The van der Waals surface area contributed by atoms with Gasteiger partial charge in [-0.25, -0.2) is 17.9 Å². The Kier molecular flexibility index (Phi) is 5.22. The monoisotopic (exact) mass is 305 g/mol. The summed E-state index contributed by atoms with van der Waals surface area (Å²) in [6.45, 7) is 2.38. The lowest BCUT2D eigenvalue weighted by atomic mass is 10.1. The molecule has 2 amide bonds. The number of hydrogen-bond donors (Lipinski definition) is 2. The largest absolute Gasteiger partial charge is 0.376 e. The maximum absolute atomic E-state index is 12.0. The lowest BCUT2D eigenvalue weighted by Crippen LogP contribution is -2.52. The summed E-state index contributed by atoms with van der Waals surface area (Å²) in [5.74, 6) is 0. The van der Waals surface area contributed by atoms with Gasteiger partial charge in [-0.2, -0.15) is 0 Å². The SMILES string of the molecule is CS(=O)(=O)N[C@@H]1CCCN(C(=O)NC[C@@H]2CCCO2)C1. The van der Waals surface area contributed by atoms with E-state index in [1.54, 1.807) is 4.90 Å². The van der Waals surface area contributed by atoms with Crippen LogP contribution < -0.4 is 10.0 Å². The highest BCUT2D eigenvalue weighted by molar-refractivity contribution is 7.88. The molecular formula is C12H23N3O4S. The number of hydrogen-bond acceptors (Lipinski definition) is 4. The minimum absolute atomic E-state index is 0.119. The van der Waals surface area contributed by atoms with Crippen LogP contribution in [-0.2, 0) is 14.8 Å². The molecule has 0 spiro atoms. The average molecular weight is 305 g/mol. The fourth-order valence-electron chi connectivity index (χ4n) is 2.68. The Morgan fingerprint density at radius 1 is 1.35 bits per heavy atom. The number of sulfonamides is 1. The first-order valence-electron chi connectivity index (χ1n) is 7.06. The molecule has 2 N–H and O–H groups in total. The van der Waals surface area contributed by atoms with Crippen molar-refractivity contribution >= 4 is 16.1 Å². The summed E-state index contributed by atoms with van der Waals surface area (Å²) in [5.41, 5.74) is 0. The van der Waals surface area contributed by atoms with Crippen molar-refractivity contribution in [3.05, 3.63) is 0 Å². The summed E-state index contributed by atoms with van der Waals surface area (Å²) in [6.07, 6.45) is 4.86. The Balaban J connectivity index is 1.77. The van der Waals surface area contributed by atoms with Crippen LogP contribution in [0.1, 0.15) is 25.7 Å². The summed E-state index contributed by atoms with van der Waals surface area (Å²) in [7, 11) is -3.23. The van der Waals surface area contributed by atoms with Crippen LogP contribution in [0.4, 0.5) is 4.79 Å². The highest BCUT2D eigenvalue weighted by atomic mass is 32.2. The van der Waals surface area contributed by atoms with Crippen molar-refractivity contribution in [1.82, 2.24) is 14.9 Å². The van der Waals surface area contributed by atoms with Crippen LogP contribution in [-0.4, -0.2) is 64.0 Å². The van der Waals surface area contributed by atoms with E-state index in [9.17, 15) is 13.2 Å². The molecule has 0 unspecified atom stereocenters. The smallest absolute Gasteiger partial charge is 0.317 e. The van der Waals surface area contributed by atoms with E-state index in [0.717, 1.165) is 38.5 Å². The molecule has 2 rings (SSSR count). The van der Waals surface area contributed by atoms with E-state index >= 15 is 0 Å². The Morgan fingerprint density at radius 2 is 2.15 bits per heavy atom. The molecule has 2 atom stereocenters. The molecule has 0 bridgehead atoms. The summed E-state index contributed by atoms with van der Waals surface area (Å²) < 4.78 is 30.5. The zero-order valence-electron chi connectivity index (χ0n) is 11.8. The molecule has 2 fully saturated rings. The molecule has 116 valence electrons. The van der Waals surface area contributed by atoms with Gasteiger partial charge in [0, 0.05) is 32.3 Å². The second kappa shape index (κ2) is 6.73. The van der Waals surface area contributed by atoms with Gasteiger partial charge in [0.25, 0.3) is 0 Å². The molecule has 0 aromatic rings. The lowest BCUT2D eigenvalue weighted by Gasteiger charge is -2.33. The number of urea groups is 1. The van der Waals surface area contributed by atoms with Gasteiger partial charge in [0.2, 0.25) is 10.0 Å². The Labute approximate surface area is 120 Å². The quantitative estimate of drug-likeness (QED) is 0.758. The van der Waals surface area contributed by atoms with Gasteiger partial charge in [-0.1, -0.05) is 0 Å². The molecule has 2 heterocycles. The standard InChI is InChI=1S/C12H23N3O4S/c1-20(17,18)14-10-4-2-6-15(9-10)12(16)13-8-11-5-3-7-19-11/h10-11,14H,2-9H2,1H3,(H,13,16)/t10-,11+/m1/s1.